The van der Waals surface area contributed by atoms with Gasteiger partial charge < -0.3 is 5.32 Å². The Morgan fingerprint density at radius 2 is 1.85 bits per heavy atom. The van der Waals surface area contributed by atoms with E-state index in [0.717, 1.165) is 27.8 Å². The van der Waals surface area contributed by atoms with Crippen molar-refractivity contribution >= 4 is 39.9 Å². The molecule has 0 saturated heterocycles. The van der Waals surface area contributed by atoms with Crippen LogP contribution < -0.4 is 5.32 Å². The van der Waals surface area contributed by atoms with Crippen LogP contribution in [-0.4, -0.2) is 31.2 Å². The first-order chi connectivity index (χ1) is 12.6. The minimum absolute atomic E-state index is 0.0844. The normalized spacial score (nSPS) is 11.2. The van der Waals surface area contributed by atoms with E-state index in [9.17, 15) is 4.79 Å². The average molecular weight is 363 g/mol. The summed E-state index contributed by atoms with van der Waals surface area (Å²) in [5.41, 5.74) is 3.54. The van der Waals surface area contributed by atoms with Gasteiger partial charge in [-0.3, -0.25) is 4.79 Å². The molecule has 0 atom stereocenters. The summed E-state index contributed by atoms with van der Waals surface area (Å²) in [4.78, 5) is 21.4. The number of nitrogens with one attached hydrogen (secondary N) is 1. The van der Waals surface area contributed by atoms with Crippen LogP contribution in [0.2, 0.25) is 0 Å². The van der Waals surface area contributed by atoms with Crippen molar-refractivity contribution < 1.29 is 4.79 Å². The number of amides is 1. The molecule has 1 amide bonds. The molecule has 7 heteroatoms. The number of hydrogen-bond donors (Lipinski definition) is 1. The molecule has 0 bridgehead atoms. The maximum atomic E-state index is 12.3. The van der Waals surface area contributed by atoms with E-state index in [4.69, 9.17) is 0 Å². The second-order valence-corrected chi connectivity index (χ2v) is 6.95. The number of carbonyl (C=O) groups excluding carboxylic acids is 1. The van der Waals surface area contributed by atoms with Gasteiger partial charge in [-0.05, 0) is 38.1 Å². The van der Waals surface area contributed by atoms with Gasteiger partial charge in [-0.25, -0.2) is 9.97 Å². The molecule has 4 rings (SSSR count). The van der Waals surface area contributed by atoms with E-state index in [-0.39, 0.29) is 11.7 Å². The topological polar surface area (TPSA) is 72.2 Å². The second-order valence-electron chi connectivity index (χ2n) is 6.01. The number of benzene rings is 2. The van der Waals surface area contributed by atoms with Crippen molar-refractivity contribution in [2.75, 3.05) is 11.1 Å². The van der Waals surface area contributed by atoms with E-state index in [0.29, 0.717) is 11.0 Å². The Labute approximate surface area is 154 Å². The number of nitrogens with zero attached hydrogens (tertiary/aromatic N) is 4. The molecule has 0 fully saturated rings. The van der Waals surface area contributed by atoms with Crippen molar-refractivity contribution in [3.63, 3.8) is 0 Å². The molecule has 0 unspecified atom stereocenters. The standard InChI is InChI=1S/C19H17N5OS/c1-12-7-9-14(10-8-12)21-17(25)11-26-19-22-16-6-4-3-5-15(16)18-20-13(2)23-24(18)19/h3-10H,11H2,1-2H3,(H,21,25). The molecule has 2 aromatic carbocycles. The number of para-hydroxylation sites is 1. The SMILES string of the molecule is Cc1ccc(NC(=O)CSc2nc3ccccc3c3nc(C)nn23)cc1. The van der Waals surface area contributed by atoms with Crippen LogP contribution in [0.5, 0.6) is 0 Å². The Balaban J connectivity index is 1.58. The number of aromatic nitrogens is 4. The largest absolute Gasteiger partial charge is 0.325 e. The summed E-state index contributed by atoms with van der Waals surface area (Å²) in [5.74, 6) is 0.834. The monoisotopic (exact) mass is 363 g/mol. The van der Waals surface area contributed by atoms with Crippen LogP contribution in [-0.2, 0) is 4.79 Å². The van der Waals surface area contributed by atoms with Crippen molar-refractivity contribution in [2.45, 2.75) is 19.0 Å². The van der Waals surface area contributed by atoms with Crippen molar-refractivity contribution in [3.8, 4) is 0 Å². The molecule has 6 nitrogen and oxygen atoms in total. The van der Waals surface area contributed by atoms with Crippen molar-refractivity contribution in [1.29, 1.82) is 0 Å². The summed E-state index contributed by atoms with van der Waals surface area (Å²) in [6.07, 6.45) is 0. The first-order valence-electron chi connectivity index (χ1n) is 8.21. The Morgan fingerprint density at radius 1 is 1.08 bits per heavy atom. The molecule has 26 heavy (non-hydrogen) atoms. The van der Waals surface area contributed by atoms with Crippen LogP contribution in [0.25, 0.3) is 16.6 Å². The average Bonchev–Trinajstić information content (AvgIpc) is 3.03. The number of fused-ring (bicyclic) bond motifs is 3. The number of thioether (sulfide) groups is 1. The lowest BCUT2D eigenvalue weighted by molar-refractivity contribution is -0.113. The lowest BCUT2D eigenvalue weighted by Crippen LogP contribution is -2.14. The molecule has 0 aliphatic rings. The molecule has 0 aliphatic carbocycles. The smallest absolute Gasteiger partial charge is 0.234 e. The zero-order chi connectivity index (χ0) is 18.1. The zero-order valence-electron chi connectivity index (χ0n) is 14.4. The molecule has 4 aromatic rings. The molecule has 1 N–H and O–H groups in total. The van der Waals surface area contributed by atoms with Crippen LogP contribution in [0.4, 0.5) is 5.69 Å². The quantitative estimate of drug-likeness (QED) is 0.443. The fourth-order valence-electron chi connectivity index (χ4n) is 2.69. The van der Waals surface area contributed by atoms with Gasteiger partial charge in [-0.2, -0.15) is 4.52 Å². The van der Waals surface area contributed by atoms with Gasteiger partial charge in [0.15, 0.2) is 10.8 Å². The Kier molecular flexibility index (Phi) is 4.30. The van der Waals surface area contributed by atoms with Crippen molar-refractivity contribution in [2.24, 2.45) is 0 Å². The minimum Gasteiger partial charge on any atom is -0.325 e. The highest BCUT2D eigenvalue weighted by Crippen LogP contribution is 2.24. The van der Waals surface area contributed by atoms with Gasteiger partial charge >= 0.3 is 0 Å². The van der Waals surface area contributed by atoms with E-state index in [1.165, 1.54) is 11.8 Å². The lowest BCUT2D eigenvalue weighted by Gasteiger charge is -2.07. The minimum atomic E-state index is -0.0844. The highest BCUT2D eigenvalue weighted by molar-refractivity contribution is 7.99. The van der Waals surface area contributed by atoms with Gasteiger partial charge in [0.25, 0.3) is 0 Å². The number of anilines is 1. The number of aryl methyl sites for hydroxylation is 2. The van der Waals surface area contributed by atoms with E-state index in [2.05, 4.69) is 20.4 Å². The Bertz CT molecular complexity index is 1100. The van der Waals surface area contributed by atoms with E-state index < -0.39 is 0 Å². The van der Waals surface area contributed by atoms with Gasteiger partial charge in [0.1, 0.15) is 5.82 Å². The third-order valence-electron chi connectivity index (χ3n) is 3.92. The van der Waals surface area contributed by atoms with Crippen molar-refractivity contribution in [3.05, 3.63) is 59.9 Å². The van der Waals surface area contributed by atoms with E-state index in [1.807, 2.05) is 62.4 Å². The Morgan fingerprint density at radius 3 is 2.65 bits per heavy atom. The maximum Gasteiger partial charge on any atom is 0.234 e. The van der Waals surface area contributed by atoms with E-state index >= 15 is 0 Å². The summed E-state index contributed by atoms with van der Waals surface area (Å²) >= 11 is 1.35. The fourth-order valence-corrected chi connectivity index (χ4v) is 3.44. The van der Waals surface area contributed by atoms with Crippen molar-refractivity contribution in [1.82, 2.24) is 19.6 Å². The summed E-state index contributed by atoms with van der Waals surface area (Å²) in [6, 6.07) is 15.5. The molecule has 0 radical (unpaired) electrons. The predicted molar refractivity (Wildman–Crippen MR) is 104 cm³/mol. The first kappa shape index (κ1) is 16.5. The fraction of sp³-hybridized carbons (Fsp3) is 0.158. The number of hydrogen-bond acceptors (Lipinski definition) is 5. The number of rotatable bonds is 4. The van der Waals surface area contributed by atoms with Gasteiger partial charge in [0, 0.05) is 11.1 Å². The molecule has 0 saturated carbocycles. The first-order valence-corrected chi connectivity index (χ1v) is 9.20. The predicted octanol–water partition coefficient (Wildman–Crippen LogP) is 3.63. The maximum absolute atomic E-state index is 12.3. The third kappa shape index (κ3) is 3.25. The second kappa shape index (κ2) is 6.76. The van der Waals surface area contributed by atoms with Gasteiger partial charge in [-0.15, -0.1) is 5.10 Å². The zero-order valence-corrected chi connectivity index (χ0v) is 15.2. The van der Waals surface area contributed by atoms with Crippen LogP contribution in [0.3, 0.4) is 0 Å². The Hall–Kier alpha value is -2.93. The van der Waals surface area contributed by atoms with Gasteiger partial charge in [0.05, 0.1) is 11.3 Å². The molecular formula is C19H17N5OS. The van der Waals surface area contributed by atoms with Crippen LogP contribution >= 0.6 is 11.8 Å². The number of carbonyl (C=O) groups is 1. The summed E-state index contributed by atoms with van der Waals surface area (Å²) in [7, 11) is 0. The third-order valence-corrected chi connectivity index (χ3v) is 4.85. The van der Waals surface area contributed by atoms with Crippen LogP contribution in [0, 0.1) is 13.8 Å². The molecule has 2 heterocycles. The molecule has 0 aliphatic heterocycles. The summed E-state index contributed by atoms with van der Waals surface area (Å²) in [5, 5.41) is 8.92. The van der Waals surface area contributed by atoms with Gasteiger partial charge in [0.2, 0.25) is 5.91 Å². The van der Waals surface area contributed by atoms with E-state index in [1.54, 1.807) is 4.52 Å². The molecule has 130 valence electrons. The van der Waals surface area contributed by atoms with Gasteiger partial charge in [-0.1, -0.05) is 41.6 Å². The molecule has 0 spiro atoms. The van der Waals surface area contributed by atoms with Crippen LogP contribution in [0.15, 0.2) is 53.7 Å². The highest BCUT2D eigenvalue weighted by Gasteiger charge is 2.13. The molecular weight excluding hydrogens is 346 g/mol. The van der Waals surface area contributed by atoms with Crippen LogP contribution in [0.1, 0.15) is 11.4 Å². The molecule has 2 aromatic heterocycles. The lowest BCUT2D eigenvalue weighted by atomic mass is 10.2. The highest BCUT2D eigenvalue weighted by atomic mass is 32.2. The summed E-state index contributed by atoms with van der Waals surface area (Å²) in [6.45, 7) is 3.86. The summed E-state index contributed by atoms with van der Waals surface area (Å²) < 4.78 is 1.71.